The molecule has 29 heavy (non-hydrogen) atoms. The highest BCUT2D eigenvalue weighted by molar-refractivity contribution is 5.27. The van der Waals surface area contributed by atoms with Gasteiger partial charge in [-0.25, -0.2) is 0 Å². The summed E-state index contributed by atoms with van der Waals surface area (Å²) in [4.78, 5) is 4.52. The van der Waals surface area contributed by atoms with Gasteiger partial charge in [0.2, 0.25) is 0 Å². The van der Waals surface area contributed by atoms with E-state index in [1.165, 1.54) is 11.1 Å². The molecular formula is C24H34N2O3. The van der Waals surface area contributed by atoms with Gasteiger partial charge >= 0.3 is 0 Å². The van der Waals surface area contributed by atoms with Gasteiger partial charge in [0, 0.05) is 38.9 Å². The van der Waals surface area contributed by atoms with E-state index in [9.17, 15) is 5.11 Å². The van der Waals surface area contributed by atoms with Gasteiger partial charge in [-0.15, -0.1) is 0 Å². The Morgan fingerprint density at radius 2 is 1.62 bits per heavy atom. The number of likely N-dealkylation sites (N-methyl/N-ethyl adjacent to an activating group) is 1. The normalized spacial score (nSPS) is 16.3. The molecule has 1 aliphatic heterocycles. The molecule has 5 nitrogen and oxygen atoms in total. The van der Waals surface area contributed by atoms with Crippen LogP contribution in [-0.2, 0) is 17.8 Å². The van der Waals surface area contributed by atoms with Gasteiger partial charge in [0.15, 0.2) is 0 Å². The van der Waals surface area contributed by atoms with Gasteiger partial charge in [-0.1, -0.05) is 42.5 Å². The average Bonchev–Trinajstić information content (AvgIpc) is 2.74. The Bertz CT molecular complexity index is 702. The molecule has 5 heteroatoms. The first-order valence-electron chi connectivity index (χ1n) is 10.5. The smallest absolute Gasteiger partial charge is 0.119 e. The van der Waals surface area contributed by atoms with E-state index in [1.807, 2.05) is 37.4 Å². The lowest BCUT2D eigenvalue weighted by Gasteiger charge is -2.31. The van der Waals surface area contributed by atoms with Crippen molar-refractivity contribution in [1.29, 1.82) is 0 Å². The van der Waals surface area contributed by atoms with Gasteiger partial charge in [-0.05, 0) is 50.2 Å². The van der Waals surface area contributed by atoms with Crippen molar-refractivity contribution in [2.45, 2.75) is 38.1 Å². The number of aliphatic hydroxyl groups is 1. The highest BCUT2D eigenvalue weighted by Gasteiger charge is 2.18. The van der Waals surface area contributed by atoms with E-state index < -0.39 is 6.10 Å². The molecule has 2 aromatic rings. The third-order valence-corrected chi connectivity index (χ3v) is 5.43. The van der Waals surface area contributed by atoms with Crippen molar-refractivity contribution in [3.8, 4) is 5.75 Å². The number of hydrogen-bond acceptors (Lipinski definition) is 5. The number of benzene rings is 2. The first-order valence-corrected chi connectivity index (χ1v) is 10.5. The van der Waals surface area contributed by atoms with Crippen molar-refractivity contribution in [3.63, 3.8) is 0 Å². The molecule has 0 aliphatic carbocycles. The molecule has 3 rings (SSSR count). The molecule has 0 bridgehead atoms. The standard InChI is InChI=1S/C24H34N2O3/c1-25(16-20-6-4-3-5-7-20)18-23(27)19-29-24-10-8-21(9-11-24)17-26(2)22-12-14-28-15-13-22/h3-11,22-23,27H,12-19H2,1-2H3/t23-/m1/s1. The molecule has 1 saturated heterocycles. The second-order valence-electron chi connectivity index (χ2n) is 8.05. The van der Waals surface area contributed by atoms with Crippen molar-refractivity contribution in [1.82, 2.24) is 9.80 Å². The fourth-order valence-corrected chi connectivity index (χ4v) is 3.80. The maximum atomic E-state index is 10.3. The third-order valence-electron chi connectivity index (χ3n) is 5.43. The van der Waals surface area contributed by atoms with Gasteiger partial charge < -0.3 is 14.6 Å². The minimum Gasteiger partial charge on any atom is -0.491 e. The molecular weight excluding hydrogens is 364 g/mol. The summed E-state index contributed by atoms with van der Waals surface area (Å²) in [5, 5.41) is 10.3. The summed E-state index contributed by atoms with van der Waals surface area (Å²) in [5.74, 6) is 0.798. The molecule has 1 heterocycles. The SMILES string of the molecule is CN(Cc1ccccc1)C[C@@H](O)COc1ccc(CN(C)C2CCOCC2)cc1. The first kappa shape index (κ1) is 21.8. The van der Waals surface area contributed by atoms with E-state index in [1.54, 1.807) is 0 Å². The van der Waals surface area contributed by atoms with E-state index in [-0.39, 0.29) is 0 Å². The number of aliphatic hydroxyl groups excluding tert-OH is 1. The molecule has 1 atom stereocenters. The minimum absolute atomic E-state index is 0.292. The second kappa shape index (κ2) is 11.3. The predicted molar refractivity (Wildman–Crippen MR) is 116 cm³/mol. The lowest BCUT2D eigenvalue weighted by Crippen LogP contribution is -2.36. The molecule has 1 fully saturated rings. The third kappa shape index (κ3) is 7.44. The van der Waals surface area contributed by atoms with Crippen LogP contribution in [0.25, 0.3) is 0 Å². The van der Waals surface area contributed by atoms with Gasteiger partial charge in [0.1, 0.15) is 18.5 Å². The molecule has 1 aliphatic rings. The first-order chi connectivity index (χ1) is 14.1. The van der Waals surface area contributed by atoms with E-state index >= 15 is 0 Å². The summed E-state index contributed by atoms with van der Waals surface area (Å²) in [7, 11) is 4.20. The molecule has 0 unspecified atom stereocenters. The maximum absolute atomic E-state index is 10.3. The van der Waals surface area contributed by atoms with Gasteiger partial charge in [-0.2, -0.15) is 0 Å². The zero-order valence-corrected chi connectivity index (χ0v) is 17.7. The predicted octanol–water partition coefficient (Wildman–Crippen LogP) is 3.17. The Morgan fingerprint density at radius 3 is 2.31 bits per heavy atom. The van der Waals surface area contributed by atoms with E-state index in [0.29, 0.717) is 19.2 Å². The van der Waals surface area contributed by atoms with Crippen LogP contribution in [-0.4, -0.2) is 67.5 Å². The fraction of sp³-hybridized carbons (Fsp3) is 0.500. The summed E-state index contributed by atoms with van der Waals surface area (Å²) in [6, 6.07) is 19.1. The Labute approximate surface area is 174 Å². The Balaban J connectivity index is 1.38. The van der Waals surface area contributed by atoms with Crippen LogP contribution in [0.5, 0.6) is 5.75 Å². The summed E-state index contributed by atoms with van der Waals surface area (Å²) < 4.78 is 11.2. The Hall–Kier alpha value is -1.92. The van der Waals surface area contributed by atoms with Crippen LogP contribution in [0.15, 0.2) is 54.6 Å². The van der Waals surface area contributed by atoms with Crippen molar-refractivity contribution in [3.05, 3.63) is 65.7 Å². The van der Waals surface area contributed by atoms with Crippen molar-refractivity contribution >= 4 is 0 Å². The summed E-state index contributed by atoms with van der Waals surface area (Å²) in [6.45, 7) is 4.34. The highest BCUT2D eigenvalue weighted by atomic mass is 16.5. The quantitative estimate of drug-likeness (QED) is 0.666. The highest BCUT2D eigenvalue weighted by Crippen LogP contribution is 2.18. The lowest BCUT2D eigenvalue weighted by atomic mass is 10.1. The molecule has 2 aromatic carbocycles. The zero-order chi connectivity index (χ0) is 20.5. The fourth-order valence-electron chi connectivity index (χ4n) is 3.80. The van der Waals surface area contributed by atoms with Crippen LogP contribution >= 0.6 is 0 Å². The van der Waals surface area contributed by atoms with Crippen LogP contribution in [0.2, 0.25) is 0 Å². The van der Waals surface area contributed by atoms with Crippen LogP contribution < -0.4 is 4.74 Å². The average molecular weight is 399 g/mol. The van der Waals surface area contributed by atoms with Crippen LogP contribution in [0.1, 0.15) is 24.0 Å². The number of ether oxygens (including phenoxy) is 2. The monoisotopic (exact) mass is 398 g/mol. The lowest BCUT2D eigenvalue weighted by molar-refractivity contribution is 0.0407. The molecule has 0 spiro atoms. The zero-order valence-electron chi connectivity index (χ0n) is 17.7. The van der Waals surface area contributed by atoms with Crippen LogP contribution in [0.4, 0.5) is 0 Å². The molecule has 0 saturated carbocycles. The Morgan fingerprint density at radius 1 is 0.966 bits per heavy atom. The van der Waals surface area contributed by atoms with Crippen molar-refractivity contribution in [2.75, 3.05) is 40.5 Å². The number of rotatable bonds is 10. The number of nitrogens with zero attached hydrogens (tertiary/aromatic N) is 2. The molecule has 0 aromatic heterocycles. The van der Waals surface area contributed by atoms with Crippen LogP contribution in [0, 0.1) is 0 Å². The van der Waals surface area contributed by atoms with E-state index in [0.717, 1.165) is 44.9 Å². The largest absolute Gasteiger partial charge is 0.491 e. The van der Waals surface area contributed by atoms with Gasteiger partial charge in [0.05, 0.1) is 0 Å². The summed E-state index contributed by atoms with van der Waals surface area (Å²) in [5.41, 5.74) is 2.51. The Kier molecular flexibility index (Phi) is 8.50. The van der Waals surface area contributed by atoms with Crippen molar-refractivity contribution < 1.29 is 14.6 Å². The number of hydrogen-bond donors (Lipinski definition) is 1. The molecule has 158 valence electrons. The van der Waals surface area contributed by atoms with Crippen LogP contribution in [0.3, 0.4) is 0 Å². The maximum Gasteiger partial charge on any atom is 0.119 e. The van der Waals surface area contributed by atoms with E-state index in [4.69, 9.17) is 9.47 Å². The summed E-state index contributed by atoms with van der Waals surface area (Å²) >= 11 is 0. The molecule has 0 amide bonds. The van der Waals surface area contributed by atoms with Gasteiger partial charge in [0.25, 0.3) is 0 Å². The molecule has 1 N–H and O–H groups in total. The van der Waals surface area contributed by atoms with E-state index in [2.05, 4.69) is 41.1 Å². The topological polar surface area (TPSA) is 45.2 Å². The minimum atomic E-state index is -0.525. The van der Waals surface area contributed by atoms with Crippen molar-refractivity contribution in [2.24, 2.45) is 0 Å². The summed E-state index contributed by atoms with van der Waals surface area (Å²) in [6.07, 6.45) is 1.69. The second-order valence-corrected chi connectivity index (χ2v) is 8.05. The molecule has 0 radical (unpaired) electrons. The van der Waals surface area contributed by atoms with Gasteiger partial charge in [-0.3, -0.25) is 9.80 Å².